The van der Waals surface area contributed by atoms with E-state index < -0.39 is 21.8 Å². The Kier molecular flexibility index (Phi) is 5.85. The Morgan fingerprint density at radius 2 is 1.69 bits per heavy atom. The molecule has 0 bridgehead atoms. The SMILES string of the molecule is CC(=O)c1ccc(S(=O)(=O)NCC#Cc2ccccc2C(F)(F)F)cc1. The van der Waals surface area contributed by atoms with Gasteiger partial charge in [0.15, 0.2) is 5.78 Å². The van der Waals surface area contributed by atoms with Gasteiger partial charge in [-0.1, -0.05) is 36.1 Å². The number of hydrogen-bond acceptors (Lipinski definition) is 3. The lowest BCUT2D eigenvalue weighted by atomic mass is 10.1. The minimum absolute atomic E-state index is 0.0695. The lowest BCUT2D eigenvalue weighted by Crippen LogP contribution is -2.24. The highest BCUT2D eigenvalue weighted by Gasteiger charge is 2.32. The zero-order valence-electron chi connectivity index (χ0n) is 13.6. The Balaban J connectivity index is 2.11. The van der Waals surface area contributed by atoms with Crippen LogP contribution in [-0.2, 0) is 16.2 Å². The third kappa shape index (κ3) is 4.94. The van der Waals surface area contributed by atoms with Crippen LogP contribution in [0.1, 0.15) is 28.4 Å². The maximum atomic E-state index is 12.9. The molecule has 0 fully saturated rings. The van der Waals surface area contributed by atoms with Crippen molar-refractivity contribution in [2.24, 2.45) is 0 Å². The van der Waals surface area contributed by atoms with Gasteiger partial charge in [0.25, 0.3) is 0 Å². The van der Waals surface area contributed by atoms with E-state index >= 15 is 0 Å². The van der Waals surface area contributed by atoms with Crippen LogP contribution in [0.5, 0.6) is 0 Å². The molecule has 26 heavy (non-hydrogen) atoms. The van der Waals surface area contributed by atoms with E-state index in [9.17, 15) is 26.4 Å². The molecule has 136 valence electrons. The van der Waals surface area contributed by atoms with Crippen LogP contribution in [0.3, 0.4) is 0 Å². The molecule has 1 N–H and O–H groups in total. The van der Waals surface area contributed by atoms with Crippen molar-refractivity contribution in [1.29, 1.82) is 0 Å². The number of benzene rings is 2. The van der Waals surface area contributed by atoms with E-state index in [1.165, 1.54) is 49.4 Å². The number of carbonyl (C=O) groups is 1. The number of hydrogen-bond donors (Lipinski definition) is 1. The molecule has 0 aliphatic carbocycles. The van der Waals surface area contributed by atoms with Gasteiger partial charge in [0.1, 0.15) is 0 Å². The van der Waals surface area contributed by atoms with Crippen LogP contribution < -0.4 is 4.72 Å². The standard InChI is InChI=1S/C18H14F3NO3S/c1-13(23)14-8-10-16(11-9-14)26(24,25)22-12-4-6-15-5-2-3-7-17(15)18(19,20)21/h2-3,5,7-11,22H,12H2,1H3. The highest BCUT2D eigenvalue weighted by molar-refractivity contribution is 7.89. The van der Waals surface area contributed by atoms with Crippen molar-refractivity contribution in [2.75, 3.05) is 6.54 Å². The first-order valence-corrected chi connectivity index (χ1v) is 8.85. The van der Waals surface area contributed by atoms with Crippen LogP contribution >= 0.6 is 0 Å². The molecule has 0 aliphatic rings. The monoisotopic (exact) mass is 381 g/mol. The summed E-state index contributed by atoms with van der Waals surface area (Å²) in [5.41, 5.74) is -0.743. The van der Waals surface area contributed by atoms with Gasteiger partial charge in [0.05, 0.1) is 17.0 Å². The molecule has 0 unspecified atom stereocenters. The zero-order chi connectivity index (χ0) is 19.4. The Labute approximate surface area is 149 Å². The molecule has 2 aromatic carbocycles. The predicted octanol–water partition coefficient (Wildman–Crippen LogP) is 3.24. The summed E-state index contributed by atoms with van der Waals surface area (Å²) in [5.74, 6) is 4.50. The number of Topliss-reactive ketones (excluding diaryl/α,β-unsaturated/α-hetero) is 1. The predicted molar refractivity (Wildman–Crippen MR) is 90.0 cm³/mol. The Morgan fingerprint density at radius 3 is 2.27 bits per heavy atom. The van der Waals surface area contributed by atoms with Crippen molar-refractivity contribution in [1.82, 2.24) is 4.72 Å². The minimum atomic E-state index is -4.54. The van der Waals surface area contributed by atoms with Crippen LogP contribution in [0.15, 0.2) is 53.4 Å². The van der Waals surface area contributed by atoms with Crippen molar-refractivity contribution in [3.05, 3.63) is 65.2 Å². The second kappa shape index (κ2) is 7.72. The van der Waals surface area contributed by atoms with Gasteiger partial charge in [0.2, 0.25) is 10.0 Å². The van der Waals surface area contributed by atoms with Gasteiger partial charge in [-0.25, -0.2) is 8.42 Å². The quantitative estimate of drug-likeness (QED) is 0.653. The Hall–Kier alpha value is -2.63. The molecule has 0 amide bonds. The molecule has 0 saturated carbocycles. The number of rotatable bonds is 4. The van der Waals surface area contributed by atoms with Gasteiger partial charge in [-0.2, -0.15) is 17.9 Å². The first-order chi connectivity index (χ1) is 12.1. The maximum absolute atomic E-state index is 12.9. The van der Waals surface area contributed by atoms with E-state index in [0.29, 0.717) is 5.56 Å². The molecule has 2 aromatic rings. The lowest BCUT2D eigenvalue weighted by Gasteiger charge is -2.08. The van der Waals surface area contributed by atoms with Crippen LogP contribution in [0.25, 0.3) is 0 Å². The van der Waals surface area contributed by atoms with E-state index in [1.807, 2.05) is 0 Å². The number of carbonyl (C=O) groups excluding carboxylic acids is 1. The zero-order valence-corrected chi connectivity index (χ0v) is 14.4. The highest BCUT2D eigenvalue weighted by atomic mass is 32.2. The molecule has 0 saturated heterocycles. The molecule has 0 aliphatic heterocycles. The molecule has 8 heteroatoms. The largest absolute Gasteiger partial charge is 0.417 e. The number of ketones is 1. The van der Waals surface area contributed by atoms with Crippen molar-refractivity contribution in [3.8, 4) is 11.8 Å². The summed E-state index contributed by atoms with van der Waals surface area (Å²) in [7, 11) is -3.88. The fourth-order valence-corrected chi connectivity index (χ4v) is 2.99. The second-order valence-electron chi connectivity index (χ2n) is 5.25. The fourth-order valence-electron chi connectivity index (χ4n) is 2.06. The van der Waals surface area contributed by atoms with E-state index in [4.69, 9.17) is 0 Å². The average Bonchev–Trinajstić information content (AvgIpc) is 2.58. The summed E-state index contributed by atoms with van der Waals surface area (Å²) >= 11 is 0. The van der Waals surface area contributed by atoms with E-state index in [0.717, 1.165) is 6.07 Å². The van der Waals surface area contributed by atoms with Gasteiger partial charge >= 0.3 is 6.18 Å². The fraction of sp³-hybridized carbons (Fsp3) is 0.167. The molecule has 0 radical (unpaired) electrons. The lowest BCUT2D eigenvalue weighted by molar-refractivity contribution is -0.137. The van der Waals surface area contributed by atoms with Crippen molar-refractivity contribution in [3.63, 3.8) is 0 Å². The topological polar surface area (TPSA) is 63.2 Å². The highest BCUT2D eigenvalue weighted by Crippen LogP contribution is 2.31. The molecule has 0 heterocycles. The first kappa shape index (κ1) is 19.7. The summed E-state index contributed by atoms with van der Waals surface area (Å²) in [4.78, 5) is 11.1. The summed E-state index contributed by atoms with van der Waals surface area (Å²) in [6, 6.07) is 10.1. The summed E-state index contributed by atoms with van der Waals surface area (Å²) in [5, 5.41) is 0. The molecule has 2 rings (SSSR count). The van der Waals surface area contributed by atoms with Crippen LogP contribution in [0.4, 0.5) is 13.2 Å². The summed E-state index contributed by atoms with van der Waals surface area (Å²) < 4.78 is 65.0. The van der Waals surface area contributed by atoms with Gasteiger partial charge in [-0.05, 0) is 31.2 Å². The smallest absolute Gasteiger partial charge is 0.295 e. The molecular formula is C18H14F3NO3S. The molecule has 0 aromatic heterocycles. The average molecular weight is 381 g/mol. The van der Waals surface area contributed by atoms with Crippen molar-refractivity contribution in [2.45, 2.75) is 18.0 Å². The number of sulfonamides is 1. The molecular weight excluding hydrogens is 367 g/mol. The normalized spacial score (nSPS) is 11.5. The van der Waals surface area contributed by atoms with Gasteiger partial charge in [-0.3, -0.25) is 4.79 Å². The van der Waals surface area contributed by atoms with Crippen LogP contribution in [0, 0.1) is 11.8 Å². The van der Waals surface area contributed by atoms with Crippen LogP contribution in [-0.4, -0.2) is 20.7 Å². The number of alkyl halides is 3. The summed E-state index contributed by atoms with van der Waals surface area (Å²) in [6.07, 6.45) is -4.54. The van der Waals surface area contributed by atoms with E-state index in [-0.39, 0.29) is 22.8 Å². The number of nitrogens with one attached hydrogen (secondary N) is 1. The van der Waals surface area contributed by atoms with Crippen molar-refractivity contribution >= 4 is 15.8 Å². The van der Waals surface area contributed by atoms with Gasteiger partial charge in [-0.15, -0.1) is 0 Å². The Morgan fingerprint density at radius 1 is 1.08 bits per heavy atom. The molecule has 0 spiro atoms. The first-order valence-electron chi connectivity index (χ1n) is 7.37. The van der Waals surface area contributed by atoms with Crippen molar-refractivity contribution < 1.29 is 26.4 Å². The van der Waals surface area contributed by atoms with E-state index in [2.05, 4.69) is 16.6 Å². The maximum Gasteiger partial charge on any atom is 0.417 e. The molecule has 0 atom stereocenters. The minimum Gasteiger partial charge on any atom is -0.295 e. The van der Waals surface area contributed by atoms with Crippen LogP contribution in [0.2, 0.25) is 0 Å². The second-order valence-corrected chi connectivity index (χ2v) is 7.02. The summed E-state index contributed by atoms with van der Waals surface area (Å²) in [6.45, 7) is 0.999. The van der Waals surface area contributed by atoms with E-state index in [1.54, 1.807) is 0 Å². The van der Waals surface area contributed by atoms with Gasteiger partial charge < -0.3 is 0 Å². The Bertz CT molecular complexity index is 969. The third-order valence-electron chi connectivity index (χ3n) is 3.38. The van der Waals surface area contributed by atoms with Gasteiger partial charge in [0, 0.05) is 11.1 Å². The molecule has 4 nitrogen and oxygen atoms in total. The number of halogens is 3. The third-order valence-corrected chi connectivity index (χ3v) is 4.79.